The maximum absolute atomic E-state index is 13.2. The van der Waals surface area contributed by atoms with Gasteiger partial charge in [0.25, 0.3) is 5.56 Å². The summed E-state index contributed by atoms with van der Waals surface area (Å²) in [6.07, 6.45) is 0. The number of aryl methyl sites for hydroxylation is 1. The summed E-state index contributed by atoms with van der Waals surface area (Å²) in [4.78, 5) is 30.4. The average Bonchev–Trinajstić information content (AvgIpc) is 3.23. The molecule has 1 N–H and O–H groups in total. The molecule has 0 aliphatic carbocycles. The summed E-state index contributed by atoms with van der Waals surface area (Å²) in [6, 6.07) is 16.7. The van der Waals surface area contributed by atoms with Crippen molar-refractivity contribution in [2.24, 2.45) is 0 Å². The van der Waals surface area contributed by atoms with Crippen molar-refractivity contribution in [3.8, 4) is 11.4 Å². The van der Waals surface area contributed by atoms with Gasteiger partial charge >= 0.3 is 0 Å². The number of carbonyl (C=O) groups is 1. The second-order valence-corrected chi connectivity index (χ2v) is 8.35. The summed E-state index contributed by atoms with van der Waals surface area (Å²) in [6.45, 7) is 1.95. The first kappa shape index (κ1) is 20.2. The molecule has 4 rings (SSSR count). The fraction of sp³-hybridized carbons (Fsp3) is 0.136. The van der Waals surface area contributed by atoms with E-state index >= 15 is 0 Å². The monoisotopic (exact) mass is 437 g/mol. The van der Waals surface area contributed by atoms with E-state index in [-0.39, 0.29) is 17.2 Å². The quantitative estimate of drug-likeness (QED) is 0.355. The lowest BCUT2D eigenvalue weighted by Crippen LogP contribution is -2.22. The van der Waals surface area contributed by atoms with E-state index in [1.807, 2.05) is 54.8 Å². The number of hydrogen-bond donors (Lipinski definition) is 1. The molecule has 0 spiro atoms. The van der Waals surface area contributed by atoms with Gasteiger partial charge in [-0.05, 0) is 42.1 Å². The number of nitrogens with one attached hydrogen (secondary N) is 1. The van der Waals surface area contributed by atoms with E-state index in [4.69, 9.17) is 4.74 Å². The van der Waals surface area contributed by atoms with Crippen LogP contribution in [0.15, 0.2) is 69.9 Å². The van der Waals surface area contributed by atoms with Gasteiger partial charge in [-0.15, -0.1) is 11.3 Å². The van der Waals surface area contributed by atoms with Crippen LogP contribution < -0.4 is 15.6 Å². The van der Waals surface area contributed by atoms with Crippen molar-refractivity contribution in [3.05, 3.63) is 75.9 Å². The molecule has 0 saturated carbocycles. The number of amides is 1. The maximum atomic E-state index is 13.2. The predicted molar refractivity (Wildman–Crippen MR) is 122 cm³/mol. The minimum Gasteiger partial charge on any atom is -0.495 e. The number of thioether (sulfide) groups is 1. The van der Waals surface area contributed by atoms with E-state index in [1.54, 1.807) is 23.8 Å². The van der Waals surface area contributed by atoms with Gasteiger partial charge in [-0.1, -0.05) is 42.1 Å². The molecule has 6 nitrogen and oxygen atoms in total. The van der Waals surface area contributed by atoms with Crippen LogP contribution in [0.5, 0.6) is 5.75 Å². The fourth-order valence-electron chi connectivity index (χ4n) is 3.08. The first-order valence-electron chi connectivity index (χ1n) is 9.20. The molecule has 2 aromatic heterocycles. The van der Waals surface area contributed by atoms with Crippen LogP contribution in [-0.2, 0) is 4.79 Å². The molecule has 152 valence electrons. The summed E-state index contributed by atoms with van der Waals surface area (Å²) in [5, 5.41) is 5.18. The topological polar surface area (TPSA) is 73.2 Å². The molecule has 0 atom stereocenters. The summed E-state index contributed by atoms with van der Waals surface area (Å²) in [5.74, 6) is 0.484. The number of aromatic nitrogens is 2. The van der Waals surface area contributed by atoms with Gasteiger partial charge < -0.3 is 10.1 Å². The zero-order chi connectivity index (χ0) is 21.1. The molecule has 1 amide bonds. The minimum absolute atomic E-state index is 0.103. The summed E-state index contributed by atoms with van der Waals surface area (Å²) in [5.41, 5.74) is 2.83. The number of methoxy groups -OCH3 is 1. The number of hydrogen-bond acceptors (Lipinski definition) is 6. The molecule has 0 radical (unpaired) electrons. The minimum atomic E-state index is -0.208. The summed E-state index contributed by atoms with van der Waals surface area (Å²) < 4.78 is 7.47. The van der Waals surface area contributed by atoms with E-state index in [9.17, 15) is 9.59 Å². The largest absolute Gasteiger partial charge is 0.495 e. The third-order valence-corrected chi connectivity index (χ3v) is 6.35. The smallest absolute Gasteiger partial charge is 0.276 e. The highest BCUT2D eigenvalue weighted by molar-refractivity contribution is 7.99. The van der Waals surface area contributed by atoms with Gasteiger partial charge in [0.15, 0.2) is 5.16 Å². The van der Waals surface area contributed by atoms with Crippen molar-refractivity contribution < 1.29 is 9.53 Å². The molecule has 0 aliphatic rings. The SMILES string of the molecule is COc1ccccc1NC(=O)CSc1nc2ccsc2c(=O)n1-c1ccccc1C. The molecule has 4 aromatic rings. The second-order valence-electron chi connectivity index (χ2n) is 6.49. The van der Waals surface area contributed by atoms with Crippen LogP contribution in [0.4, 0.5) is 5.69 Å². The number of anilines is 1. The normalized spacial score (nSPS) is 10.9. The van der Waals surface area contributed by atoms with Crippen LogP contribution in [0, 0.1) is 6.92 Å². The maximum Gasteiger partial charge on any atom is 0.276 e. The number of thiophene rings is 1. The third-order valence-electron chi connectivity index (χ3n) is 4.52. The lowest BCUT2D eigenvalue weighted by Gasteiger charge is -2.14. The third kappa shape index (κ3) is 3.96. The van der Waals surface area contributed by atoms with Gasteiger partial charge in [-0.25, -0.2) is 4.98 Å². The van der Waals surface area contributed by atoms with Crippen molar-refractivity contribution in [2.45, 2.75) is 12.1 Å². The number of nitrogens with zero attached hydrogens (tertiary/aromatic N) is 2. The van der Waals surface area contributed by atoms with Gasteiger partial charge in [0.05, 0.1) is 29.8 Å². The molecule has 0 bridgehead atoms. The van der Waals surface area contributed by atoms with Crippen LogP contribution in [0.25, 0.3) is 15.9 Å². The van der Waals surface area contributed by atoms with Crippen LogP contribution >= 0.6 is 23.1 Å². The van der Waals surface area contributed by atoms with Crippen molar-refractivity contribution in [1.82, 2.24) is 9.55 Å². The van der Waals surface area contributed by atoms with Crippen LogP contribution in [0.2, 0.25) is 0 Å². The zero-order valence-corrected chi connectivity index (χ0v) is 18.0. The Hall–Kier alpha value is -3.10. The second kappa shape index (κ2) is 8.73. The van der Waals surface area contributed by atoms with Crippen molar-refractivity contribution >= 4 is 44.9 Å². The van der Waals surface area contributed by atoms with Crippen molar-refractivity contribution in [3.63, 3.8) is 0 Å². The van der Waals surface area contributed by atoms with Gasteiger partial charge in [0.2, 0.25) is 5.91 Å². The van der Waals surface area contributed by atoms with E-state index in [2.05, 4.69) is 10.3 Å². The fourth-order valence-corrected chi connectivity index (χ4v) is 4.65. The zero-order valence-electron chi connectivity index (χ0n) is 16.4. The Morgan fingerprint density at radius 1 is 1.17 bits per heavy atom. The Labute approximate surface area is 181 Å². The average molecular weight is 438 g/mol. The molecular formula is C22H19N3O3S2. The Bertz CT molecular complexity index is 1280. The number of benzene rings is 2. The Kier molecular flexibility index (Phi) is 5.87. The summed E-state index contributed by atoms with van der Waals surface area (Å²) in [7, 11) is 1.56. The van der Waals surface area contributed by atoms with Crippen molar-refractivity contribution in [2.75, 3.05) is 18.2 Å². The molecule has 8 heteroatoms. The first-order chi connectivity index (χ1) is 14.6. The highest BCUT2D eigenvalue weighted by atomic mass is 32.2. The van der Waals surface area contributed by atoms with Gasteiger partial charge in [-0.2, -0.15) is 0 Å². The lowest BCUT2D eigenvalue weighted by atomic mass is 10.2. The van der Waals surface area contributed by atoms with Crippen molar-refractivity contribution in [1.29, 1.82) is 0 Å². The Morgan fingerprint density at radius 2 is 1.93 bits per heavy atom. The van der Waals surface area contributed by atoms with E-state index in [0.29, 0.717) is 26.8 Å². The highest BCUT2D eigenvalue weighted by Gasteiger charge is 2.17. The van der Waals surface area contributed by atoms with Gasteiger partial charge in [0.1, 0.15) is 10.4 Å². The Balaban J connectivity index is 1.65. The van der Waals surface area contributed by atoms with Crippen LogP contribution in [0.1, 0.15) is 5.56 Å². The van der Waals surface area contributed by atoms with E-state index < -0.39 is 0 Å². The lowest BCUT2D eigenvalue weighted by molar-refractivity contribution is -0.113. The molecule has 2 aromatic carbocycles. The first-order valence-corrected chi connectivity index (χ1v) is 11.1. The van der Waals surface area contributed by atoms with Gasteiger partial charge in [-0.3, -0.25) is 14.2 Å². The molecule has 0 fully saturated rings. The highest BCUT2D eigenvalue weighted by Crippen LogP contribution is 2.26. The van der Waals surface area contributed by atoms with E-state index in [0.717, 1.165) is 11.3 Å². The van der Waals surface area contributed by atoms with E-state index in [1.165, 1.54) is 23.1 Å². The number of rotatable bonds is 6. The number of carbonyl (C=O) groups excluding carboxylic acids is 1. The van der Waals surface area contributed by atoms with Gasteiger partial charge in [0, 0.05) is 0 Å². The standard InChI is InChI=1S/C22H19N3O3S2/c1-14-7-3-5-9-17(14)25-21(27)20-16(11-12-29-20)24-22(25)30-13-19(26)23-15-8-4-6-10-18(15)28-2/h3-12H,13H2,1-2H3,(H,23,26). The molecule has 0 aliphatic heterocycles. The molecule has 0 saturated heterocycles. The van der Waals surface area contributed by atoms with Crippen LogP contribution in [0.3, 0.4) is 0 Å². The van der Waals surface area contributed by atoms with Crippen LogP contribution in [-0.4, -0.2) is 28.3 Å². The number of ether oxygens (including phenoxy) is 1. The predicted octanol–water partition coefficient (Wildman–Crippen LogP) is 4.50. The molecule has 0 unspecified atom stereocenters. The number of para-hydroxylation sites is 3. The summed E-state index contributed by atoms with van der Waals surface area (Å²) >= 11 is 2.60. The molecule has 2 heterocycles. The number of fused-ring (bicyclic) bond motifs is 1. The molecular weight excluding hydrogens is 418 g/mol. The molecule has 30 heavy (non-hydrogen) atoms. The Morgan fingerprint density at radius 3 is 2.73 bits per heavy atom.